The van der Waals surface area contributed by atoms with Crippen LogP contribution in [0.15, 0.2) is 48.8 Å². The van der Waals surface area contributed by atoms with Crippen LogP contribution in [0.5, 0.6) is 5.75 Å². The van der Waals surface area contributed by atoms with Crippen LogP contribution >= 0.6 is 0 Å². The van der Waals surface area contributed by atoms with E-state index >= 15 is 0 Å². The van der Waals surface area contributed by atoms with Crippen LogP contribution in [0.4, 0.5) is 0 Å². The Kier molecular flexibility index (Phi) is 5.21. The number of carboxylic acid groups (broad SMARTS) is 1. The second kappa shape index (κ2) is 7.74. The molecule has 0 bridgehead atoms. The number of benzene rings is 2. The van der Waals surface area contributed by atoms with Gasteiger partial charge in [-0.3, -0.25) is 9.89 Å². The van der Waals surface area contributed by atoms with Crippen LogP contribution < -0.4 is 10.1 Å². The lowest BCUT2D eigenvalue weighted by molar-refractivity contribution is 0.0696. The molecule has 7 nitrogen and oxygen atoms in total. The zero-order valence-corrected chi connectivity index (χ0v) is 14.9. The smallest absolute Gasteiger partial charge is 0.335 e. The topological polar surface area (TPSA) is 104 Å². The van der Waals surface area contributed by atoms with E-state index in [1.54, 1.807) is 62.8 Å². The summed E-state index contributed by atoms with van der Waals surface area (Å²) >= 11 is 0. The van der Waals surface area contributed by atoms with Crippen LogP contribution in [-0.2, 0) is 6.54 Å². The summed E-state index contributed by atoms with van der Waals surface area (Å²) in [6.45, 7) is 1.96. The van der Waals surface area contributed by atoms with Gasteiger partial charge >= 0.3 is 5.97 Å². The number of ether oxygens (including phenoxy) is 1. The Balaban J connectivity index is 1.77. The highest BCUT2D eigenvalue weighted by Gasteiger charge is 2.14. The molecule has 138 valence electrons. The fourth-order valence-electron chi connectivity index (χ4n) is 2.85. The van der Waals surface area contributed by atoms with Crippen molar-refractivity contribution in [2.45, 2.75) is 13.5 Å². The van der Waals surface area contributed by atoms with Crippen molar-refractivity contribution in [3.63, 3.8) is 0 Å². The first kappa shape index (κ1) is 18.2. The summed E-state index contributed by atoms with van der Waals surface area (Å²) in [4.78, 5) is 23.7. The van der Waals surface area contributed by atoms with Crippen molar-refractivity contribution in [3.05, 3.63) is 71.0 Å². The van der Waals surface area contributed by atoms with Crippen LogP contribution in [0.1, 0.15) is 31.8 Å². The number of hydrogen-bond acceptors (Lipinski definition) is 4. The third kappa shape index (κ3) is 3.82. The van der Waals surface area contributed by atoms with Crippen molar-refractivity contribution in [2.24, 2.45) is 0 Å². The second-order valence-electron chi connectivity index (χ2n) is 5.98. The van der Waals surface area contributed by atoms with Gasteiger partial charge < -0.3 is 15.2 Å². The minimum Gasteiger partial charge on any atom is -0.496 e. The molecule has 0 saturated carbocycles. The summed E-state index contributed by atoms with van der Waals surface area (Å²) in [5, 5.41) is 18.7. The first-order chi connectivity index (χ1) is 13.0. The summed E-state index contributed by atoms with van der Waals surface area (Å²) < 4.78 is 5.40. The molecule has 1 amide bonds. The number of aromatic carboxylic acids is 1. The summed E-state index contributed by atoms with van der Waals surface area (Å²) in [5.41, 5.74) is 3.76. The molecule has 27 heavy (non-hydrogen) atoms. The molecule has 1 aromatic heterocycles. The number of aromatic amines is 1. The number of nitrogens with zero attached hydrogens (tertiary/aromatic N) is 1. The fourth-order valence-corrected chi connectivity index (χ4v) is 2.85. The zero-order valence-electron chi connectivity index (χ0n) is 14.9. The second-order valence-corrected chi connectivity index (χ2v) is 5.98. The molecular weight excluding hydrogens is 346 g/mol. The van der Waals surface area contributed by atoms with Crippen molar-refractivity contribution < 1.29 is 19.4 Å². The van der Waals surface area contributed by atoms with E-state index < -0.39 is 5.97 Å². The zero-order chi connectivity index (χ0) is 19.4. The van der Waals surface area contributed by atoms with Gasteiger partial charge in [0, 0.05) is 29.4 Å². The lowest BCUT2D eigenvalue weighted by Gasteiger charge is -2.12. The van der Waals surface area contributed by atoms with Gasteiger partial charge in [-0.1, -0.05) is 12.1 Å². The van der Waals surface area contributed by atoms with Gasteiger partial charge in [0.25, 0.3) is 5.91 Å². The molecule has 0 saturated heterocycles. The Morgan fingerprint density at radius 2 is 2.07 bits per heavy atom. The number of carbonyl (C=O) groups excluding carboxylic acids is 1. The SMILES string of the molecule is COc1cc(C(=O)NCc2cccc(C(=O)O)c2C)ccc1-c1cn[nH]c1. The largest absolute Gasteiger partial charge is 0.496 e. The molecule has 0 aliphatic heterocycles. The van der Waals surface area contributed by atoms with Crippen LogP contribution in [0.2, 0.25) is 0 Å². The number of hydrogen-bond donors (Lipinski definition) is 3. The van der Waals surface area contributed by atoms with Gasteiger partial charge in [-0.05, 0) is 42.3 Å². The summed E-state index contributed by atoms with van der Waals surface area (Å²) in [5.74, 6) is -0.694. The van der Waals surface area contributed by atoms with E-state index in [0.717, 1.165) is 16.7 Å². The Labute approximate surface area is 156 Å². The van der Waals surface area contributed by atoms with Gasteiger partial charge in [-0.2, -0.15) is 5.10 Å². The molecule has 0 spiro atoms. The van der Waals surface area contributed by atoms with Crippen molar-refractivity contribution in [2.75, 3.05) is 7.11 Å². The van der Waals surface area contributed by atoms with Crippen molar-refractivity contribution >= 4 is 11.9 Å². The number of aromatic nitrogens is 2. The molecule has 3 aromatic rings. The Hall–Kier alpha value is -3.61. The number of amides is 1. The minimum absolute atomic E-state index is 0.230. The molecule has 3 N–H and O–H groups in total. The van der Waals surface area contributed by atoms with Crippen molar-refractivity contribution in [3.8, 4) is 16.9 Å². The normalized spacial score (nSPS) is 10.4. The Morgan fingerprint density at radius 3 is 2.74 bits per heavy atom. The molecule has 2 aromatic carbocycles. The molecule has 7 heteroatoms. The molecule has 0 fully saturated rings. The number of methoxy groups -OCH3 is 1. The molecule has 0 radical (unpaired) electrons. The monoisotopic (exact) mass is 365 g/mol. The van der Waals surface area contributed by atoms with Crippen LogP contribution in [0, 0.1) is 6.92 Å². The summed E-state index contributed by atoms with van der Waals surface area (Å²) in [7, 11) is 1.54. The predicted octanol–water partition coefficient (Wildman–Crippen LogP) is 3.02. The quantitative estimate of drug-likeness (QED) is 0.623. The van der Waals surface area contributed by atoms with Crippen LogP contribution in [-0.4, -0.2) is 34.3 Å². The van der Waals surface area contributed by atoms with Gasteiger partial charge in [-0.15, -0.1) is 0 Å². The van der Waals surface area contributed by atoms with Gasteiger partial charge in [-0.25, -0.2) is 4.79 Å². The number of carbonyl (C=O) groups is 2. The minimum atomic E-state index is -0.986. The number of rotatable bonds is 6. The predicted molar refractivity (Wildman–Crippen MR) is 99.9 cm³/mol. The third-order valence-electron chi connectivity index (χ3n) is 4.39. The lowest BCUT2D eigenvalue weighted by atomic mass is 10.0. The van der Waals surface area contributed by atoms with E-state index in [0.29, 0.717) is 16.9 Å². The number of H-pyrrole nitrogens is 1. The summed E-state index contributed by atoms with van der Waals surface area (Å²) in [6, 6.07) is 10.2. The maximum absolute atomic E-state index is 12.5. The highest BCUT2D eigenvalue weighted by atomic mass is 16.5. The maximum atomic E-state index is 12.5. The van der Waals surface area contributed by atoms with Gasteiger partial charge in [0.1, 0.15) is 5.75 Å². The van der Waals surface area contributed by atoms with E-state index in [1.807, 2.05) is 0 Å². The highest BCUT2D eigenvalue weighted by Crippen LogP contribution is 2.30. The fraction of sp³-hybridized carbons (Fsp3) is 0.150. The lowest BCUT2D eigenvalue weighted by Crippen LogP contribution is -2.23. The van der Waals surface area contributed by atoms with Crippen LogP contribution in [0.3, 0.4) is 0 Å². The number of nitrogens with one attached hydrogen (secondary N) is 2. The summed E-state index contributed by atoms with van der Waals surface area (Å²) in [6.07, 6.45) is 3.42. The molecule has 0 aliphatic carbocycles. The Bertz CT molecular complexity index is 981. The average molecular weight is 365 g/mol. The highest BCUT2D eigenvalue weighted by molar-refractivity contribution is 5.95. The Morgan fingerprint density at radius 1 is 1.26 bits per heavy atom. The molecule has 0 unspecified atom stereocenters. The molecule has 3 rings (SSSR count). The van der Waals surface area contributed by atoms with Crippen molar-refractivity contribution in [1.29, 1.82) is 0 Å². The van der Waals surface area contributed by atoms with E-state index in [4.69, 9.17) is 4.74 Å². The average Bonchev–Trinajstić information content (AvgIpc) is 3.20. The van der Waals surface area contributed by atoms with Crippen molar-refractivity contribution in [1.82, 2.24) is 15.5 Å². The van der Waals surface area contributed by atoms with E-state index in [9.17, 15) is 14.7 Å². The van der Waals surface area contributed by atoms with E-state index in [1.165, 1.54) is 0 Å². The maximum Gasteiger partial charge on any atom is 0.335 e. The van der Waals surface area contributed by atoms with Gasteiger partial charge in [0.05, 0.1) is 18.9 Å². The van der Waals surface area contributed by atoms with Gasteiger partial charge in [0.15, 0.2) is 0 Å². The first-order valence-electron chi connectivity index (χ1n) is 8.28. The van der Waals surface area contributed by atoms with Crippen LogP contribution in [0.25, 0.3) is 11.1 Å². The van der Waals surface area contributed by atoms with Gasteiger partial charge in [0.2, 0.25) is 0 Å². The third-order valence-corrected chi connectivity index (χ3v) is 4.39. The number of carboxylic acids is 1. The van der Waals surface area contributed by atoms with E-state index in [-0.39, 0.29) is 18.0 Å². The molecule has 1 heterocycles. The molecular formula is C20H19N3O4. The standard InChI is InChI=1S/C20H19N3O4/c1-12-14(4-3-5-16(12)20(25)26)9-21-19(24)13-6-7-17(18(8-13)27-2)15-10-22-23-11-15/h3-8,10-11H,9H2,1-2H3,(H,21,24)(H,22,23)(H,25,26). The van der Waals surface area contributed by atoms with E-state index in [2.05, 4.69) is 15.5 Å². The molecule has 0 atom stereocenters. The first-order valence-corrected chi connectivity index (χ1v) is 8.28. The molecule has 0 aliphatic rings.